The summed E-state index contributed by atoms with van der Waals surface area (Å²) in [5, 5.41) is 2.87. The van der Waals surface area contributed by atoms with Crippen LogP contribution < -0.4 is 5.32 Å². The highest BCUT2D eigenvalue weighted by Crippen LogP contribution is 2.14. The molecule has 1 heterocycles. The van der Waals surface area contributed by atoms with Gasteiger partial charge in [-0.1, -0.05) is 23.8 Å². The van der Waals surface area contributed by atoms with Gasteiger partial charge in [0.15, 0.2) is 0 Å². The summed E-state index contributed by atoms with van der Waals surface area (Å²) in [6.07, 6.45) is 1.50. The number of hydrogen-bond acceptors (Lipinski definition) is 1. The number of nitrogens with one attached hydrogen (secondary N) is 1. The lowest BCUT2D eigenvalue weighted by Gasteiger charge is -2.04. The van der Waals surface area contributed by atoms with E-state index in [1.807, 2.05) is 0 Å². The summed E-state index contributed by atoms with van der Waals surface area (Å²) >= 11 is 0. The molecule has 2 nitrogen and oxygen atoms in total. The van der Waals surface area contributed by atoms with Crippen LogP contribution in [0.5, 0.6) is 0 Å². The van der Waals surface area contributed by atoms with Gasteiger partial charge < -0.3 is 5.32 Å². The summed E-state index contributed by atoms with van der Waals surface area (Å²) in [5.41, 5.74) is 3.73. The van der Waals surface area contributed by atoms with Crippen molar-refractivity contribution in [2.45, 2.75) is 19.8 Å². The van der Waals surface area contributed by atoms with Gasteiger partial charge in [0.05, 0.1) is 6.42 Å². The van der Waals surface area contributed by atoms with Crippen molar-refractivity contribution < 1.29 is 4.79 Å². The van der Waals surface area contributed by atoms with E-state index in [1.165, 1.54) is 16.7 Å². The minimum atomic E-state index is 0.143. The van der Waals surface area contributed by atoms with E-state index in [0.717, 1.165) is 13.0 Å². The van der Waals surface area contributed by atoms with Crippen LogP contribution in [0, 0.1) is 6.92 Å². The van der Waals surface area contributed by atoms with Crippen molar-refractivity contribution in [1.82, 2.24) is 5.32 Å². The minimum absolute atomic E-state index is 0.143. The Bertz CT molecular complexity index is 344. The molecule has 0 bridgehead atoms. The first-order valence-corrected chi connectivity index (χ1v) is 4.61. The zero-order valence-electron chi connectivity index (χ0n) is 7.76. The molecule has 1 amide bonds. The SMILES string of the molecule is Cc1ccc2c(c1)CC(=O)NCC2. The maximum absolute atomic E-state index is 11.2. The van der Waals surface area contributed by atoms with Gasteiger partial charge in [0.2, 0.25) is 5.91 Å². The molecule has 2 heteroatoms. The Morgan fingerprint density at radius 1 is 1.31 bits per heavy atom. The van der Waals surface area contributed by atoms with E-state index < -0.39 is 0 Å². The maximum Gasteiger partial charge on any atom is 0.224 e. The summed E-state index contributed by atoms with van der Waals surface area (Å²) < 4.78 is 0. The van der Waals surface area contributed by atoms with E-state index in [9.17, 15) is 4.79 Å². The zero-order chi connectivity index (χ0) is 9.26. The first-order valence-electron chi connectivity index (χ1n) is 4.61. The normalized spacial score (nSPS) is 15.9. The molecule has 0 saturated heterocycles. The molecule has 0 fully saturated rings. The smallest absolute Gasteiger partial charge is 0.224 e. The lowest BCUT2D eigenvalue weighted by Crippen LogP contribution is -2.24. The molecule has 0 atom stereocenters. The predicted octanol–water partition coefficient (Wildman–Crippen LogP) is 1.21. The summed E-state index contributed by atoms with van der Waals surface area (Å²) in [6.45, 7) is 2.83. The number of carbonyl (C=O) groups is 1. The van der Waals surface area contributed by atoms with Crippen LogP contribution in [0.3, 0.4) is 0 Å². The largest absolute Gasteiger partial charge is 0.355 e. The summed E-state index contributed by atoms with van der Waals surface area (Å²) in [6, 6.07) is 6.35. The molecule has 0 aromatic heterocycles. The minimum Gasteiger partial charge on any atom is -0.355 e. The summed E-state index contributed by atoms with van der Waals surface area (Å²) in [5.74, 6) is 0.143. The van der Waals surface area contributed by atoms with E-state index in [2.05, 4.69) is 30.4 Å². The van der Waals surface area contributed by atoms with Gasteiger partial charge in [-0.05, 0) is 24.5 Å². The number of carbonyl (C=O) groups excluding carboxylic acids is 1. The molecule has 1 aromatic carbocycles. The molecule has 1 N–H and O–H groups in total. The molecule has 0 radical (unpaired) electrons. The Labute approximate surface area is 78.0 Å². The molecule has 68 valence electrons. The molecule has 2 rings (SSSR count). The molecular weight excluding hydrogens is 162 g/mol. The topological polar surface area (TPSA) is 29.1 Å². The van der Waals surface area contributed by atoms with Crippen molar-refractivity contribution in [2.75, 3.05) is 6.54 Å². The summed E-state index contributed by atoms with van der Waals surface area (Å²) in [7, 11) is 0. The molecule has 0 aliphatic carbocycles. The van der Waals surface area contributed by atoms with E-state index in [4.69, 9.17) is 0 Å². The van der Waals surface area contributed by atoms with Crippen LogP contribution in [0.2, 0.25) is 0 Å². The number of hydrogen-bond donors (Lipinski definition) is 1. The number of fused-ring (bicyclic) bond motifs is 1. The molecule has 0 saturated carbocycles. The van der Waals surface area contributed by atoms with Crippen LogP contribution in [0.25, 0.3) is 0 Å². The molecule has 1 aliphatic heterocycles. The second-order valence-electron chi connectivity index (χ2n) is 3.55. The molecular formula is C11H13NO. The third-order valence-electron chi connectivity index (χ3n) is 2.43. The maximum atomic E-state index is 11.2. The van der Waals surface area contributed by atoms with Crippen LogP contribution in [-0.4, -0.2) is 12.5 Å². The Hall–Kier alpha value is -1.31. The Kier molecular flexibility index (Phi) is 2.05. The van der Waals surface area contributed by atoms with Gasteiger partial charge in [-0.2, -0.15) is 0 Å². The quantitative estimate of drug-likeness (QED) is 0.631. The fourth-order valence-corrected chi connectivity index (χ4v) is 1.74. The van der Waals surface area contributed by atoms with Gasteiger partial charge in [-0.15, -0.1) is 0 Å². The van der Waals surface area contributed by atoms with Crippen molar-refractivity contribution in [3.8, 4) is 0 Å². The highest BCUT2D eigenvalue weighted by Gasteiger charge is 2.11. The van der Waals surface area contributed by atoms with E-state index in [-0.39, 0.29) is 5.91 Å². The van der Waals surface area contributed by atoms with E-state index in [1.54, 1.807) is 0 Å². The van der Waals surface area contributed by atoms with Gasteiger partial charge in [0.25, 0.3) is 0 Å². The van der Waals surface area contributed by atoms with Crippen LogP contribution in [-0.2, 0) is 17.6 Å². The number of aryl methyl sites for hydroxylation is 1. The van der Waals surface area contributed by atoms with Gasteiger partial charge in [-0.25, -0.2) is 0 Å². The van der Waals surface area contributed by atoms with Crippen molar-refractivity contribution in [1.29, 1.82) is 0 Å². The molecule has 13 heavy (non-hydrogen) atoms. The van der Waals surface area contributed by atoms with Crippen LogP contribution in [0.4, 0.5) is 0 Å². The fraction of sp³-hybridized carbons (Fsp3) is 0.364. The van der Waals surface area contributed by atoms with Gasteiger partial charge in [0, 0.05) is 6.54 Å². The number of benzene rings is 1. The Balaban J connectivity index is 2.40. The molecule has 1 aliphatic rings. The zero-order valence-corrected chi connectivity index (χ0v) is 7.76. The predicted molar refractivity (Wildman–Crippen MR) is 51.6 cm³/mol. The van der Waals surface area contributed by atoms with Crippen molar-refractivity contribution in [2.24, 2.45) is 0 Å². The van der Waals surface area contributed by atoms with E-state index in [0.29, 0.717) is 6.42 Å². The highest BCUT2D eigenvalue weighted by atomic mass is 16.1. The molecule has 0 spiro atoms. The van der Waals surface area contributed by atoms with Crippen LogP contribution in [0.1, 0.15) is 16.7 Å². The fourth-order valence-electron chi connectivity index (χ4n) is 1.74. The molecule has 1 aromatic rings. The second kappa shape index (κ2) is 3.21. The third kappa shape index (κ3) is 1.72. The lowest BCUT2D eigenvalue weighted by molar-refractivity contribution is -0.120. The molecule has 0 unspecified atom stereocenters. The third-order valence-corrected chi connectivity index (χ3v) is 2.43. The van der Waals surface area contributed by atoms with Crippen molar-refractivity contribution >= 4 is 5.91 Å². The van der Waals surface area contributed by atoms with Crippen molar-refractivity contribution in [3.63, 3.8) is 0 Å². The average molecular weight is 175 g/mol. The van der Waals surface area contributed by atoms with Gasteiger partial charge >= 0.3 is 0 Å². The first-order chi connectivity index (χ1) is 6.25. The highest BCUT2D eigenvalue weighted by molar-refractivity contribution is 5.79. The van der Waals surface area contributed by atoms with Crippen LogP contribution in [0.15, 0.2) is 18.2 Å². The Morgan fingerprint density at radius 3 is 3.00 bits per heavy atom. The van der Waals surface area contributed by atoms with Crippen LogP contribution >= 0.6 is 0 Å². The Morgan fingerprint density at radius 2 is 2.15 bits per heavy atom. The standard InChI is InChI=1S/C11H13NO/c1-8-2-3-9-4-5-12-11(13)7-10(9)6-8/h2-3,6H,4-5,7H2,1H3,(H,12,13). The van der Waals surface area contributed by atoms with Gasteiger partial charge in [0.1, 0.15) is 0 Å². The number of rotatable bonds is 0. The van der Waals surface area contributed by atoms with Crippen molar-refractivity contribution in [3.05, 3.63) is 34.9 Å². The number of amides is 1. The second-order valence-corrected chi connectivity index (χ2v) is 3.55. The first kappa shape index (κ1) is 8.30. The monoisotopic (exact) mass is 175 g/mol. The van der Waals surface area contributed by atoms with Gasteiger partial charge in [-0.3, -0.25) is 4.79 Å². The lowest BCUT2D eigenvalue weighted by atomic mass is 10.0. The average Bonchev–Trinajstić information content (AvgIpc) is 2.25. The summed E-state index contributed by atoms with van der Waals surface area (Å²) in [4.78, 5) is 11.2. The van der Waals surface area contributed by atoms with E-state index >= 15 is 0 Å².